The number of carbonyl (C=O) groups excluding carboxylic acids is 1. The van der Waals surface area contributed by atoms with Crippen LogP contribution in [0.15, 0.2) is 47.0 Å². The van der Waals surface area contributed by atoms with Crippen LogP contribution in [-0.4, -0.2) is 34.2 Å². The van der Waals surface area contributed by atoms with Crippen LogP contribution in [0.25, 0.3) is 6.08 Å². The molecule has 0 unspecified atom stereocenters. The van der Waals surface area contributed by atoms with Crippen molar-refractivity contribution in [1.29, 1.82) is 0 Å². The summed E-state index contributed by atoms with van der Waals surface area (Å²) in [6.45, 7) is -2.93. The van der Waals surface area contributed by atoms with Gasteiger partial charge in [-0.15, -0.1) is 0 Å². The number of rotatable bonds is 9. The van der Waals surface area contributed by atoms with E-state index >= 15 is 0 Å². The van der Waals surface area contributed by atoms with Crippen molar-refractivity contribution in [2.45, 2.75) is 13.2 Å². The number of nitro groups is 1. The molecule has 31 heavy (non-hydrogen) atoms. The van der Waals surface area contributed by atoms with E-state index in [9.17, 15) is 23.7 Å². The summed E-state index contributed by atoms with van der Waals surface area (Å²) < 4.78 is 40.9. The Morgan fingerprint density at radius 2 is 2.13 bits per heavy atom. The van der Waals surface area contributed by atoms with Gasteiger partial charge < -0.3 is 24.0 Å². The van der Waals surface area contributed by atoms with E-state index in [1.165, 1.54) is 48.3 Å². The maximum absolute atomic E-state index is 12.4. The summed E-state index contributed by atoms with van der Waals surface area (Å²) in [6, 6.07) is 7.04. The van der Waals surface area contributed by atoms with Gasteiger partial charge in [0.25, 0.3) is 0 Å². The maximum atomic E-state index is 12.4. The summed E-state index contributed by atoms with van der Waals surface area (Å²) in [7, 11) is 1.27. The number of carbonyl (C=O) groups is 1. The van der Waals surface area contributed by atoms with Gasteiger partial charge in [0, 0.05) is 5.56 Å². The van der Waals surface area contributed by atoms with E-state index < -0.39 is 23.1 Å². The Labute approximate surface area is 178 Å². The number of ketones is 1. The van der Waals surface area contributed by atoms with E-state index in [0.29, 0.717) is 11.5 Å². The van der Waals surface area contributed by atoms with E-state index in [-0.39, 0.29) is 28.6 Å². The van der Waals surface area contributed by atoms with Crippen molar-refractivity contribution in [3.63, 3.8) is 0 Å². The van der Waals surface area contributed by atoms with Crippen LogP contribution in [0, 0.1) is 10.1 Å². The number of alkyl halides is 2. The Bertz CT molecular complexity index is 1140. The number of nitrogens with zero attached hydrogens (tertiary/aromatic N) is 3. The number of ether oxygens (including phenoxy) is 2. The first kappa shape index (κ1) is 22.0. The molecule has 0 saturated heterocycles. The minimum atomic E-state index is -3.02. The first-order valence-electron chi connectivity index (χ1n) is 8.58. The minimum Gasteiger partial charge on any atom is -0.493 e. The second-order valence-electron chi connectivity index (χ2n) is 6.00. The molecule has 162 valence electrons. The first-order valence-corrected chi connectivity index (χ1v) is 8.96. The van der Waals surface area contributed by atoms with E-state index in [2.05, 4.69) is 9.84 Å². The molecule has 1 aromatic carbocycles. The average molecular weight is 454 g/mol. The van der Waals surface area contributed by atoms with Crippen molar-refractivity contribution < 1.29 is 32.4 Å². The minimum absolute atomic E-state index is 0.00758. The quantitative estimate of drug-likeness (QED) is 0.201. The molecule has 2 heterocycles. The molecule has 0 aliphatic rings. The third-order valence-corrected chi connectivity index (χ3v) is 4.20. The lowest BCUT2D eigenvalue weighted by Crippen LogP contribution is -2.04. The van der Waals surface area contributed by atoms with Crippen LogP contribution in [0.2, 0.25) is 5.02 Å². The van der Waals surface area contributed by atoms with E-state index in [1.807, 2.05) is 0 Å². The lowest BCUT2D eigenvalue weighted by molar-refractivity contribution is -0.389. The van der Waals surface area contributed by atoms with Crippen LogP contribution in [-0.2, 0) is 6.54 Å². The third-order valence-electron chi connectivity index (χ3n) is 3.94. The summed E-state index contributed by atoms with van der Waals surface area (Å²) >= 11 is 5.75. The zero-order valence-electron chi connectivity index (χ0n) is 15.8. The molecule has 0 radical (unpaired) electrons. The van der Waals surface area contributed by atoms with Crippen molar-refractivity contribution in [3.05, 3.63) is 74.8 Å². The Morgan fingerprint density at radius 1 is 1.35 bits per heavy atom. The Kier molecular flexibility index (Phi) is 6.65. The zero-order chi connectivity index (χ0) is 22.5. The van der Waals surface area contributed by atoms with Gasteiger partial charge in [0.1, 0.15) is 18.1 Å². The summed E-state index contributed by atoms with van der Waals surface area (Å²) in [5, 5.41) is 14.5. The van der Waals surface area contributed by atoms with Crippen molar-refractivity contribution in [2.75, 3.05) is 7.11 Å². The topological polar surface area (TPSA) is 110 Å². The van der Waals surface area contributed by atoms with Gasteiger partial charge in [-0.1, -0.05) is 11.6 Å². The fraction of sp³-hybridized carbons (Fsp3) is 0.158. The smallest absolute Gasteiger partial charge is 0.408 e. The van der Waals surface area contributed by atoms with Gasteiger partial charge in [-0.3, -0.25) is 4.79 Å². The monoisotopic (exact) mass is 453 g/mol. The fourth-order valence-corrected chi connectivity index (χ4v) is 2.81. The highest BCUT2D eigenvalue weighted by molar-refractivity contribution is 6.32. The second kappa shape index (κ2) is 9.39. The van der Waals surface area contributed by atoms with Crippen LogP contribution < -0.4 is 9.47 Å². The van der Waals surface area contributed by atoms with E-state index in [0.717, 1.165) is 0 Å². The first-order chi connectivity index (χ1) is 14.8. The summed E-state index contributed by atoms with van der Waals surface area (Å²) in [5.41, 5.74) is 0.194. The summed E-state index contributed by atoms with van der Waals surface area (Å²) in [5.74, 6) is -0.301. The molecule has 0 spiro atoms. The fourth-order valence-electron chi connectivity index (χ4n) is 2.59. The Morgan fingerprint density at radius 3 is 2.77 bits per heavy atom. The maximum Gasteiger partial charge on any atom is 0.408 e. The summed E-state index contributed by atoms with van der Waals surface area (Å²) in [4.78, 5) is 22.5. The molecule has 0 bridgehead atoms. The molecule has 0 fully saturated rings. The van der Waals surface area contributed by atoms with Crippen molar-refractivity contribution >= 4 is 29.3 Å². The van der Waals surface area contributed by atoms with Crippen LogP contribution in [0.3, 0.4) is 0 Å². The van der Waals surface area contributed by atoms with Crippen LogP contribution >= 0.6 is 11.6 Å². The Hall–Kier alpha value is -3.73. The van der Waals surface area contributed by atoms with Crippen molar-refractivity contribution in [3.8, 4) is 11.5 Å². The molecular formula is C19H14ClF2N3O6. The average Bonchev–Trinajstić information content (AvgIpc) is 3.32. The molecule has 9 nitrogen and oxygen atoms in total. The standard InChI is InChI=1S/C19H14ClF2N3O6/c1-29-17-8-11(2-7-16(17)31-19(21)22)15(26)6-5-12-3-4-13(30-12)9-24-10-14(20)18(23-24)25(27)28/h2-8,10,19H,9H2,1H3/b6-5+. The van der Waals surface area contributed by atoms with Gasteiger partial charge in [0.2, 0.25) is 0 Å². The molecule has 0 saturated carbocycles. The van der Waals surface area contributed by atoms with Gasteiger partial charge in [-0.2, -0.15) is 13.5 Å². The van der Waals surface area contributed by atoms with Gasteiger partial charge in [-0.25, -0.2) is 0 Å². The van der Waals surface area contributed by atoms with Gasteiger partial charge in [0.15, 0.2) is 22.3 Å². The number of halogens is 3. The number of allylic oxidation sites excluding steroid dienone is 1. The number of hydrogen-bond acceptors (Lipinski definition) is 7. The molecule has 0 atom stereocenters. The second-order valence-corrected chi connectivity index (χ2v) is 6.41. The van der Waals surface area contributed by atoms with E-state index in [4.69, 9.17) is 20.8 Å². The van der Waals surface area contributed by atoms with Crippen molar-refractivity contribution in [2.24, 2.45) is 0 Å². The SMILES string of the molecule is COc1cc(C(=O)/C=C/c2ccc(Cn3cc(Cl)c([N+](=O)[O-])n3)o2)ccc1OC(F)F. The van der Waals surface area contributed by atoms with Gasteiger partial charge in [-0.05, 0) is 47.4 Å². The predicted molar refractivity (Wildman–Crippen MR) is 105 cm³/mol. The summed E-state index contributed by atoms with van der Waals surface area (Å²) in [6.07, 6.45) is 3.96. The molecule has 12 heteroatoms. The van der Waals surface area contributed by atoms with Gasteiger partial charge >= 0.3 is 12.4 Å². The molecule has 3 aromatic rings. The van der Waals surface area contributed by atoms with Crippen molar-refractivity contribution in [1.82, 2.24) is 9.78 Å². The zero-order valence-corrected chi connectivity index (χ0v) is 16.6. The number of furan rings is 1. The highest BCUT2D eigenvalue weighted by Gasteiger charge is 2.19. The number of methoxy groups -OCH3 is 1. The van der Waals surface area contributed by atoms with E-state index in [1.54, 1.807) is 12.1 Å². The number of hydrogen-bond donors (Lipinski definition) is 0. The number of aromatic nitrogens is 2. The largest absolute Gasteiger partial charge is 0.493 e. The highest BCUT2D eigenvalue weighted by Crippen LogP contribution is 2.30. The molecule has 2 aromatic heterocycles. The highest BCUT2D eigenvalue weighted by atomic mass is 35.5. The van der Waals surface area contributed by atoms with Crippen LogP contribution in [0.1, 0.15) is 21.9 Å². The Balaban J connectivity index is 1.68. The molecule has 0 amide bonds. The number of benzene rings is 1. The van der Waals surface area contributed by atoms with Crippen LogP contribution in [0.5, 0.6) is 11.5 Å². The predicted octanol–water partition coefficient (Wildman–Crippen LogP) is 4.59. The molecule has 0 N–H and O–H groups in total. The molecule has 0 aliphatic carbocycles. The normalized spacial score (nSPS) is 11.3. The van der Waals surface area contributed by atoms with Gasteiger partial charge in [0.05, 0.1) is 18.4 Å². The molecule has 3 rings (SSSR count). The molecular weight excluding hydrogens is 440 g/mol. The molecule has 0 aliphatic heterocycles. The lowest BCUT2D eigenvalue weighted by atomic mass is 10.1. The third kappa shape index (κ3) is 5.45. The lowest BCUT2D eigenvalue weighted by Gasteiger charge is -2.10. The van der Waals surface area contributed by atoms with Crippen LogP contribution in [0.4, 0.5) is 14.6 Å².